The molecule has 1 atom stereocenters. The Labute approximate surface area is 72.0 Å². The van der Waals surface area contributed by atoms with Gasteiger partial charge in [0.2, 0.25) is 0 Å². The SMILES string of the molecule is C#CC(C)Nc1cc(N)ccn1. The summed E-state index contributed by atoms with van der Waals surface area (Å²) in [5.74, 6) is 3.25. The molecular formula is C9H11N3. The number of nitrogens with one attached hydrogen (secondary N) is 1. The van der Waals surface area contributed by atoms with Gasteiger partial charge in [-0.3, -0.25) is 0 Å². The Morgan fingerprint density at radius 3 is 3.08 bits per heavy atom. The van der Waals surface area contributed by atoms with Crippen LogP contribution in [0.5, 0.6) is 0 Å². The zero-order chi connectivity index (χ0) is 8.97. The number of pyridine rings is 1. The number of nitrogens with two attached hydrogens (primary N) is 1. The average molecular weight is 161 g/mol. The summed E-state index contributed by atoms with van der Waals surface area (Å²) in [7, 11) is 0. The molecule has 0 aliphatic rings. The third-order valence-electron chi connectivity index (χ3n) is 1.40. The maximum atomic E-state index is 5.54. The van der Waals surface area contributed by atoms with Gasteiger partial charge in [0.05, 0.1) is 6.04 Å². The molecule has 62 valence electrons. The Balaban J connectivity index is 2.71. The number of hydrogen-bond donors (Lipinski definition) is 2. The van der Waals surface area contributed by atoms with Crippen LogP contribution in [0.2, 0.25) is 0 Å². The highest BCUT2D eigenvalue weighted by molar-refractivity contribution is 5.49. The molecule has 0 spiro atoms. The molecule has 0 aliphatic heterocycles. The topological polar surface area (TPSA) is 50.9 Å². The van der Waals surface area contributed by atoms with E-state index in [0.29, 0.717) is 11.5 Å². The molecular weight excluding hydrogens is 150 g/mol. The van der Waals surface area contributed by atoms with Crippen LogP contribution in [-0.4, -0.2) is 11.0 Å². The monoisotopic (exact) mass is 161 g/mol. The summed E-state index contributed by atoms with van der Waals surface area (Å²) in [6, 6.07) is 3.44. The molecule has 0 fully saturated rings. The fourth-order valence-electron chi connectivity index (χ4n) is 0.789. The van der Waals surface area contributed by atoms with Crippen LogP contribution in [0.4, 0.5) is 11.5 Å². The van der Waals surface area contributed by atoms with Crippen molar-refractivity contribution < 1.29 is 0 Å². The van der Waals surface area contributed by atoms with Crippen molar-refractivity contribution >= 4 is 11.5 Å². The first-order chi connectivity index (χ1) is 5.72. The minimum absolute atomic E-state index is 0.0284. The van der Waals surface area contributed by atoms with Crippen LogP contribution < -0.4 is 11.1 Å². The molecule has 3 N–H and O–H groups in total. The van der Waals surface area contributed by atoms with Gasteiger partial charge in [-0.1, -0.05) is 5.92 Å². The highest BCUT2D eigenvalue weighted by Gasteiger charge is 1.97. The smallest absolute Gasteiger partial charge is 0.128 e. The van der Waals surface area contributed by atoms with Gasteiger partial charge in [0, 0.05) is 18.0 Å². The number of nitrogen functional groups attached to an aromatic ring is 1. The van der Waals surface area contributed by atoms with E-state index in [-0.39, 0.29) is 6.04 Å². The molecule has 0 saturated heterocycles. The lowest BCUT2D eigenvalue weighted by Crippen LogP contribution is -2.13. The van der Waals surface area contributed by atoms with Gasteiger partial charge >= 0.3 is 0 Å². The Morgan fingerprint density at radius 1 is 1.75 bits per heavy atom. The summed E-state index contributed by atoms with van der Waals surface area (Å²) >= 11 is 0. The zero-order valence-electron chi connectivity index (χ0n) is 6.91. The van der Waals surface area contributed by atoms with Crippen LogP contribution in [0.1, 0.15) is 6.92 Å². The van der Waals surface area contributed by atoms with E-state index >= 15 is 0 Å². The minimum Gasteiger partial charge on any atom is -0.399 e. The number of hydrogen-bond acceptors (Lipinski definition) is 3. The summed E-state index contributed by atoms with van der Waals surface area (Å²) in [4.78, 5) is 4.04. The number of anilines is 2. The van der Waals surface area contributed by atoms with Gasteiger partial charge in [-0.15, -0.1) is 6.42 Å². The normalized spacial score (nSPS) is 11.7. The van der Waals surface area contributed by atoms with Crippen molar-refractivity contribution in [1.82, 2.24) is 4.98 Å². The summed E-state index contributed by atoms with van der Waals surface area (Å²) in [6.45, 7) is 1.88. The van der Waals surface area contributed by atoms with Crippen molar-refractivity contribution in [3.63, 3.8) is 0 Å². The largest absolute Gasteiger partial charge is 0.399 e. The predicted molar refractivity (Wildman–Crippen MR) is 50.6 cm³/mol. The molecule has 0 amide bonds. The van der Waals surface area contributed by atoms with E-state index in [1.807, 2.05) is 6.92 Å². The van der Waals surface area contributed by atoms with Crippen LogP contribution in [-0.2, 0) is 0 Å². The highest BCUT2D eigenvalue weighted by Crippen LogP contribution is 2.08. The second kappa shape index (κ2) is 3.63. The van der Waals surface area contributed by atoms with Gasteiger partial charge in [-0.05, 0) is 13.0 Å². The van der Waals surface area contributed by atoms with Gasteiger partial charge in [0.1, 0.15) is 5.82 Å². The van der Waals surface area contributed by atoms with E-state index in [1.54, 1.807) is 18.3 Å². The van der Waals surface area contributed by atoms with Gasteiger partial charge < -0.3 is 11.1 Å². The van der Waals surface area contributed by atoms with Crippen molar-refractivity contribution in [1.29, 1.82) is 0 Å². The van der Waals surface area contributed by atoms with E-state index < -0.39 is 0 Å². The molecule has 1 unspecified atom stereocenters. The molecule has 0 aliphatic carbocycles. The van der Waals surface area contributed by atoms with Crippen molar-refractivity contribution in [3.8, 4) is 12.3 Å². The molecule has 1 aromatic heterocycles. The van der Waals surface area contributed by atoms with Crippen molar-refractivity contribution in [2.75, 3.05) is 11.1 Å². The summed E-state index contributed by atoms with van der Waals surface area (Å²) < 4.78 is 0. The van der Waals surface area contributed by atoms with Gasteiger partial charge in [0.25, 0.3) is 0 Å². The van der Waals surface area contributed by atoms with Gasteiger partial charge in [-0.2, -0.15) is 0 Å². The van der Waals surface area contributed by atoms with Crippen LogP contribution in [0.15, 0.2) is 18.3 Å². The maximum Gasteiger partial charge on any atom is 0.128 e. The standard InChI is InChI=1S/C9H11N3/c1-3-7(2)12-9-6-8(10)4-5-11-9/h1,4-7H,2H3,(H3,10,11,12). The Kier molecular flexibility index (Phi) is 2.54. The number of nitrogens with zero attached hydrogens (tertiary/aromatic N) is 1. The lowest BCUT2D eigenvalue weighted by molar-refractivity contribution is 1.01. The van der Waals surface area contributed by atoms with E-state index in [0.717, 1.165) is 0 Å². The summed E-state index contributed by atoms with van der Waals surface area (Å²) in [5.41, 5.74) is 6.22. The van der Waals surface area contributed by atoms with Crippen molar-refractivity contribution in [2.24, 2.45) is 0 Å². The average Bonchev–Trinajstić information content (AvgIpc) is 2.04. The maximum absolute atomic E-state index is 5.54. The van der Waals surface area contributed by atoms with Crippen molar-refractivity contribution in [3.05, 3.63) is 18.3 Å². The van der Waals surface area contributed by atoms with Gasteiger partial charge in [0.15, 0.2) is 0 Å². The molecule has 0 bridgehead atoms. The molecule has 3 nitrogen and oxygen atoms in total. The Bertz CT molecular complexity index is 301. The van der Waals surface area contributed by atoms with Crippen molar-refractivity contribution in [2.45, 2.75) is 13.0 Å². The van der Waals surface area contributed by atoms with Crippen LogP contribution in [0.3, 0.4) is 0 Å². The molecule has 1 heterocycles. The second-order valence-corrected chi connectivity index (χ2v) is 2.51. The second-order valence-electron chi connectivity index (χ2n) is 2.51. The number of aromatic nitrogens is 1. The lowest BCUT2D eigenvalue weighted by Gasteiger charge is -2.07. The third kappa shape index (κ3) is 2.17. The Morgan fingerprint density at radius 2 is 2.50 bits per heavy atom. The molecule has 1 rings (SSSR count). The van der Waals surface area contributed by atoms with E-state index in [2.05, 4.69) is 16.2 Å². The first-order valence-electron chi connectivity index (χ1n) is 3.66. The van der Waals surface area contributed by atoms with Gasteiger partial charge in [-0.25, -0.2) is 4.98 Å². The van der Waals surface area contributed by atoms with Crippen LogP contribution in [0.25, 0.3) is 0 Å². The molecule has 0 radical (unpaired) electrons. The summed E-state index contributed by atoms with van der Waals surface area (Å²) in [5, 5.41) is 3.01. The lowest BCUT2D eigenvalue weighted by atomic mass is 10.3. The number of terminal acetylenes is 1. The number of rotatable bonds is 2. The zero-order valence-corrected chi connectivity index (χ0v) is 6.91. The fourth-order valence-corrected chi connectivity index (χ4v) is 0.789. The Hall–Kier alpha value is -1.69. The fraction of sp³-hybridized carbons (Fsp3) is 0.222. The van der Waals surface area contributed by atoms with E-state index in [9.17, 15) is 0 Å². The minimum atomic E-state index is -0.0284. The first-order valence-corrected chi connectivity index (χ1v) is 3.66. The quantitative estimate of drug-likeness (QED) is 0.638. The molecule has 0 saturated carbocycles. The first kappa shape index (κ1) is 8.41. The predicted octanol–water partition coefficient (Wildman–Crippen LogP) is 1.10. The molecule has 3 heteroatoms. The van der Waals surface area contributed by atoms with E-state index in [1.165, 1.54) is 0 Å². The molecule has 12 heavy (non-hydrogen) atoms. The summed E-state index contributed by atoms with van der Waals surface area (Å²) in [6.07, 6.45) is 6.83. The van der Waals surface area contributed by atoms with Crippen LogP contribution in [0, 0.1) is 12.3 Å². The highest BCUT2D eigenvalue weighted by atomic mass is 15.0. The van der Waals surface area contributed by atoms with Crippen LogP contribution >= 0.6 is 0 Å². The molecule has 1 aromatic rings. The van der Waals surface area contributed by atoms with E-state index in [4.69, 9.17) is 12.2 Å². The molecule has 0 aromatic carbocycles. The third-order valence-corrected chi connectivity index (χ3v) is 1.40.